The summed E-state index contributed by atoms with van der Waals surface area (Å²) in [6, 6.07) is 17.7. The Morgan fingerprint density at radius 3 is 2.84 bits per heavy atom. The summed E-state index contributed by atoms with van der Waals surface area (Å²) >= 11 is 0. The molecule has 2 heterocycles. The fourth-order valence-electron chi connectivity index (χ4n) is 3.55. The molecule has 0 aliphatic rings. The first-order valence-corrected chi connectivity index (χ1v) is 9.52. The Morgan fingerprint density at radius 1 is 1.10 bits per heavy atom. The third-order valence-corrected chi connectivity index (χ3v) is 5.05. The highest BCUT2D eigenvalue weighted by atomic mass is 19.1. The molecule has 3 N–H and O–H groups in total. The molecule has 0 saturated heterocycles. The highest BCUT2D eigenvalue weighted by molar-refractivity contribution is 5.95. The van der Waals surface area contributed by atoms with Crippen LogP contribution in [-0.4, -0.2) is 19.7 Å². The zero-order valence-corrected chi connectivity index (χ0v) is 16.2. The molecule has 7 nitrogen and oxygen atoms in total. The Labute approximate surface area is 176 Å². The van der Waals surface area contributed by atoms with Crippen LogP contribution in [0.1, 0.15) is 11.1 Å². The van der Waals surface area contributed by atoms with Gasteiger partial charge in [-0.15, -0.1) is 0 Å². The quantitative estimate of drug-likeness (QED) is 0.427. The molecule has 31 heavy (non-hydrogen) atoms. The predicted molar refractivity (Wildman–Crippen MR) is 117 cm³/mol. The van der Waals surface area contributed by atoms with E-state index in [1.165, 1.54) is 18.5 Å². The molecule has 3 aromatic carbocycles. The van der Waals surface area contributed by atoms with Crippen molar-refractivity contribution in [2.24, 2.45) is 0 Å². The van der Waals surface area contributed by atoms with Crippen LogP contribution in [0.4, 0.5) is 21.6 Å². The highest BCUT2D eigenvalue weighted by Crippen LogP contribution is 2.28. The van der Waals surface area contributed by atoms with Crippen LogP contribution in [-0.2, 0) is 6.54 Å². The SMILES string of the molecule is N#Cc1cc2ncnc(Nc3ccc4c(cnn4Cc4cccc(F)c4)c3)c2cc1N. The summed E-state index contributed by atoms with van der Waals surface area (Å²) in [6.45, 7) is 0.477. The van der Waals surface area contributed by atoms with Gasteiger partial charge in [0.2, 0.25) is 0 Å². The van der Waals surface area contributed by atoms with Gasteiger partial charge in [-0.05, 0) is 48.0 Å². The van der Waals surface area contributed by atoms with Gasteiger partial charge in [0.25, 0.3) is 0 Å². The van der Waals surface area contributed by atoms with Gasteiger partial charge in [0.1, 0.15) is 24.0 Å². The molecule has 0 spiro atoms. The van der Waals surface area contributed by atoms with Gasteiger partial charge in [-0.2, -0.15) is 10.4 Å². The third kappa shape index (κ3) is 3.49. The molecule has 2 aromatic heterocycles. The Bertz CT molecular complexity index is 1480. The van der Waals surface area contributed by atoms with Crippen molar-refractivity contribution in [1.29, 1.82) is 5.26 Å². The first-order chi connectivity index (χ1) is 15.1. The number of nitrogens with one attached hydrogen (secondary N) is 1. The molecule has 0 unspecified atom stereocenters. The summed E-state index contributed by atoms with van der Waals surface area (Å²) in [4.78, 5) is 8.57. The molecule has 150 valence electrons. The van der Waals surface area contributed by atoms with Crippen LogP contribution in [0.3, 0.4) is 0 Å². The third-order valence-electron chi connectivity index (χ3n) is 5.05. The molecular formula is C23H16FN7. The molecule has 5 aromatic rings. The van der Waals surface area contributed by atoms with Crippen LogP contribution in [0.25, 0.3) is 21.8 Å². The molecule has 0 aliphatic heterocycles. The van der Waals surface area contributed by atoms with E-state index in [-0.39, 0.29) is 5.82 Å². The number of rotatable bonds is 4. The lowest BCUT2D eigenvalue weighted by Crippen LogP contribution is -2.02. The second-order valence-corrected chi connectivity index (χ2v) is 7.12. The lowest BCUT2D eigenvalue weighted by Gasteiger charge is -2.10. The van der Waals surface area contributed by atoms with Gasteiger partial charge in [0.05, 0.1) is 35.0 Å². The predicted octanol–water partition coefficient (Wildman–Crippen LogP) is 4.36. The molecule has 0 aliphatic carbocycles. The van der Waals surface area contributed by atoms with E-state index in [2.05, 4.69) is 26.5 Å². The summed E-state index contributed by atoms with van der Waals surface area (Å²) in [5.74, 6) is 0.327. The fraction of sp³-hybridized carbons (Fsp3) is 0.0435. The number of nitrogen functional groups attached to an aromatic ring is 1. The van der Waals surface area contributed by atoms with Gasteiger partial charge in [-0.3, -0.25) is 4.68 Å². The number of nitriles is 1. The Morgan fingerprint density at radius 2 is 2.00 bits per heavy atom. The molecule has 0 bridgehead atoms. The van der Waals surface area contributed by atoms with Gasteiger partial charge in [-0.25, -0.2) is 14.4 Å². The van der Waals surface area contributed by atoms with Crippen LogP contribution in [0.15, 0.2) is 67.1 Å². The van der Waals surface area contributed by atoms with Gasteiger partial charge >= 0.3 is 0 Å². The average molecular weight is 409 g/mol. The molecule has 8 heteroatoms. The van der Waals surface area contributed by atoms with E-state index < -0.39 is 0 Å². The van der Waals surface area contributed by atoms with Crippen molar-refractivity contribution in [3.8, 4) is 6.07 Å². The number of hydrogen-bond acceptors (Lipinski definition) is 6. The van der Waals surface area contributed by atoms with Crippen molar-refractivity contribution in [1.82, 2.24) is 19.7 Å². The van der Waals surface area contributed by atoms with Crippen LogP contribution < -0.4 is 11.1 Å². The summed E-state index contributed by atoms with van der Waals surface area (Å²) in [5, 5.41) is 18.6. The molecule has 0 atom stereocenters. The second kappa shape index (κ2) is 7.39. The van der Waals surface area contributed by atoms with Gasteiger partial charge < -0.3 is 11.1 Å². The van der Waals surface area contributed by atoms with Crippen molar-refractivity contribution in [3.63, 3.8) is 0 Å². The molecule has 5 rings (SSSR count). The van der Waals surface area contributed by atoms with Crippen molar-refractivity contribution in [3.05, 3.63) is 84.1 Å². The first-order valence-electron chi connectivity index (χ1n) is 9.52. The summed E-state index contributed by atoms with van der Waals surface area (Å²) in [6.07, 6.45) is 3.21. The maximum Gasteiger partial charge on any atom is 0.141 e. The normalized spacial score (nSPS) is 11.0. The topological polar surface area (TPSA) is 105 Å². The molecule has 0 saturated carbocycles. The number of benzene rings is 3. The lowest BCUT2D eigenvalue weighted by atomic mass is 10.1. The van der Waals surface area contributed by atoms with Crippen molar-refractivity contribution in [2.45, 2.75) is 6.54 Å². The maximum atomic E-state index is 13.5. The monoisotopic (exact) mass is 409 g/mol. The summed E-state index contributed by atoms with van der Waals surface area (Å²) in [5.41, 5.74) is 9.95. The second-order valence-electron chi connectivity index (χ2n) is 7.12. The first kappa shape index (κ1) is 18.5. The molecule has 0 radical (unpaired) electrons. The Hall–Kier alpha value is -4.51. The van der Waals surface area contributed by atoms with E-state index in [0.717, 1.165) is 27.5 Å². The molecule has 0 fully saturated rings. The van der Waals surface area contributed by atoms with Crippen LogP contribution in [0.5, 0.6) is 0 Å². The highest BCUT2D eigenvalue weighted by Gasteiger charge is 2.10. The zero-order valence-electron chi connectivity index (χ0n) is 16.2. The van der Waals surface area contributed by atoms with Crippen molar-refractivity contribution in [2.75, 3.05) is 11.1 Å². The molecular weight excluding hydrogens is 393 g/mol. The Balaban J connectivity index is 1.47. The van der Waals surface area contributed by atoms with Crippen LogP contribution in [0.2, 0.25) is 0 Å². The van der Waals surface area contributed by atoms with E-state index in [1.54, 1.807) is 24.4 Å². The number of nitrogens with zero attached hydrogens (tertiary/aromatic N) is 5. The number of halogens is 1. The van der Waals surface area contributed by atoms with E-state index in [1.807, 2.05) is 28.9 Å². The van der Waals surface area contributed by atoms with Crippen molar-refractivity contribution >= 4 is 39.0 Å². The van der Waals surface area contributed by atoms with E-state index >= 15 is 0 Å². The van der Waals surface area contributed by atoms with Crippen LogP contribution >= 0.6 is 0 Å². The minimum atomic E-state index is -0.264. The van der Waals surface area contributed by atoms with E-state index in [0.29, 0.717) is 29.1 Å². The fourth-order valence-corrected chi connectivity index (χ4v) is 3.55. The number of fused-ring (bicyclic) bond motifs is 2. The standard InChI is InChI=1S/C23H16FN7/c24-17-3-1-2-14(6-17)12-31-22-5-4-18(7-16(22)11-29-31)30-23-19-9-20(26)15(10-25)8-21(19)27-13-28-23/h1-9,11,13H,12,26H2,(H,27,28,30). The summed E-state index contributed by atoms with van der Waals surface area (Å²) in [7, 11) is 0. The number of aromatic nitrogens is 4. The maximum absolute atomic E-state index is 13.5. The number of anilines is 3. The smallest absolute Gasteiger partial charge is 0.141 e. The molecule has 0 amide bonds. The number of nitrogens with two attached hydrogens (primary N) is 1. The number of hydrogen-bond donors (Lipinski definition) is 2. The van der Waals surface area contributed by atoms with Crippen LogP contribution in [0, 0.1) is 17.1 Å². The van der Waals surface area contributed by atoms with E-state index in [9.17, 15) is 9.65 Å². The van der Waals surface area contributed by atoms with Crippen molar-refractivity contribution < 1.29 is 4.39 Å². The van der Waals surface area contributed by atoms with Gasteiger partial charge in [0, 0.05) is 16.5 Å². The van der Waals surface area contributed by atoms with E-state index in [4.69, 9.17) is 5.73 Å². The average Bonchev–Trinajstić information content (AvgIpc) is 3.16. The lowest BCUT2D eigenvalue weighted by molar-refractivity contribution is 0.621. The summed E-state index contributed by atoms with van der Waals surface area (Å²) < 4.78 is 15.3. The Kier molecular flexibility index (Phi) is 4.41. The minimum absolute atomic E-state index is 0.264. The zero-order chi connectivity index (χ0) is 21.4. The minimum Gasteiger partial charge on any atom is -0.398 e. The van der Waals surface area contributed by atoms with Gasteiger partial charge in [-0.1, -0.05) is 12.1 Å². The largest absolute Gasteiger partial charge is 0.398 e. The van der Waals surface area contributed by atoms with Gasteiger partial charge in [0.15, 0.2) is 0 Å².